The molecular weight excluding hydrogens is 335 g/mol. The largest absolute Gasteiger partial charge is 0.447 e. The number of carbonyl (C=O) groups excluding carboxylic acids is 2. The van der Waals surface area contributed by atoms with Crippen molar-refractivity contribution in [3.05, 3.63) is 63.7 Å². The van der Waals surface area contributed by atoms with E-state index < -0.39 is 28.8 Å². The third-order valence-corrected chi connectivity index (χ3v) is 3.25. The molecule has 2 rings (SSSR count). The number of amides is 1. The predicted octanol–water partition coefficient (Wildman–Crippen LogP) is 2.23. The average Bonchev–Trinajstić information content (AvgIpc) is 3.07. The summed E-state index contributed by atoms with van der Waals surface area (Å²) in [6.07, 6.45) is -0.623. The summed E-state index contributed by atoms with van der Waals surface area (Å²) in [5.74, 6) is -2.81. The van der Waals surface area contributed by atoms with Crippen molar-refractivity contribution < 1.29 is 28.1 Å². The molecule has 0 spiro atoms. The first-order valence-electron chi connectivity index (χ1n) is 7.34. The van der Waals surface area contributed by atoms with E-state index in [-0.39, 0.29) is 18.1 Å². The van der Waals surface area contributed by atoms with Crippen LogP contribution in [0.15, 0.2) is 40.8 Å². The molecule has 0 saturated heterocycles. The van der Waals surface area contributed by atoms with Gasteiger partial charge in [0.25, 0.3) is 5.91 Å². The van der Waals surface area contributed by atoms with Crippen LogP contribution in [0, 0.1) is 15.9 Å². The standard InChI is InChI=1S/C16H15FN2O6/c1-10(24-16(21)13-6-7-14(25-13)19(22)23)15(20)18-9-8-11-2-4-12(17)5-3-11/h2-7,10H,8-9H2,1H3,(H,18,20)/t10-/m0/s1. The molecule has 1 atom stereocenters. The fourth-order valence-corrected chi connectivity index (χ4v) is 1.93. The molecule has 8 nitrogen and oxygen atoms in total. The van der Waals surface area contributed by atoms with E-state index in [0.717, 1.165) is 17.7 Å². The number of nitro groups is 1. The molecule has 0 bridgehead atoms. The highest BCUT2D eigenvalue weighted by Crippen LogP contribution is 2.16. The van der Waals surface area contributed by atoms with Gasteiger partial charge in [0.15, 0.2) is 6.10 Å². The summed E-state index contributed by atoms with van der Waals surface area (Å²) < 4.78 is 22.4. The summed E-state index contributed by atoms with van der Waals surface area (Å²) >= 11 is 0. The van der Waals surface area contributed by atoms with Crippen molar-refractivity contribution in [2.24, 2.45) is 0 Å². The lowest BCUT2D eigenvalue weighted by molar-refractivity contribution is -0.402. The monoisotopic (exact) mass is 350 g/mol. The number of benzene rings is 1. The van der Waals surface area contributed by atoms with Crippen molar-refractivity contribution in [3.8, 4) is 0 Å². The fraction of sp³-hybridized carbons (Fsp3) is 0.250. The highest BCUT2D eigenvalue weighted by Gasteiger charge is 2.23. The molecule has 9 heteroatoms. The minimum atomic E-state index is -1.11. The van der Waals surface area contributed by atoms with Crippen LogP contribution >= 0.6 is 0 Å². The minimum absolute atomic E-state index is 0.276. The van der Waals surface area contributed by atoms with Gasteiger partial charge in [-0.15, -0.1) is 0 Å². The van der Waals surface area contributed by atoms with E-state index in [1.165, 1.54) is 19.1 Å². The smallest absolute Gasteiger partial charge is 0.433 e. The Bertz CT molecular complexity index is 771. The molecule has 0 aliphatic heterocycles. The van der Waals surface area contributed by atoms with Crippen LogP contribution in [0.2, 0.25) is 0 Å². The van der Waals surface area contributed by atoms with Gasteiger partial charge in [-0.05, 0) is 37.1 Å². The van der Waals surface area contributed by atoms with Crippen LogP contribution in [0.1, 0.15) is 23.0 Å². The highest BCUT2D eigenvalue weighted by atomic mass is 19.1. The van der Waals surface area contributed by atoms with Crippen molar-refractivity contribution in [3.63, 3.8) is 0 Å². The number of nitrogens with zero attached hydrogens (tertiary/aromatic N) is 1. The molecule has 132 valence electrons. The van der Waals surface area contributed by atoms with Crippen molar-refractivity contribution in [1.29, 1.82) is 0 Å². The lowest BCUT2D eigenvalue weighted by Crippen LogP contribution is -2.36. The topological polar surface area (TPSA) is 112 Å². The van der Waals surface area contributed by atoms with E-state index in [1.54, 1.807) is 12.1 Å². The molecule has 1 aromatic carbocycles. The second-order valence-corrected chi connectivity index (χ2v) is 5.11. The van der Waals surface area contributed by atoms with Gasteiger partial charge in [-0.3, -0.25) is 14.9 Å². The molecule has 0 saturated carbocycles. The van der Waals surface area contributed by atoms with Gasteiger partial charge in [-0.1, -0.05) is 12.1 Å². The molecule has 0 aliphatic rings. The number of halogens is 1. The Hall–Kier alpha value is -3.23. The second kappa shape index (κ2) is 8.04. The van der Waals surface area contributed by atoms with Crippen molar-refractivity contribution in [1.82, 2.24) is 5.32 Å². The van der Waals surface area contributed by atoms with Gasteiger partial charge in [0, 0.05) is 6.54 Å². The van der Waals surface area contributed by atoms with Gasteiger partial charge in [0.1, 0.15) is 10.7 Å². The Kier molecular flexibility index (Phi) is 5.83. The summed E-state index contributed by atoms with van der Waals surface area (Å²) in [4.78, 5) is 33.4. The molecule has 0 radical (unpaired) electrons. The third kappa shape index (κ3) is 5.13. The SMILES string of the molecule is C[C@H](OC(=O)c1ccc([N+](=O)[O-])o1)C(=O)NCCc1ccc(F)cc1. The minimum Gasteiger partial charge on any atom is -0.447 e. The van der Waals surface area contributed by atoms with Crippen LogP contribution in [0.5, 0.6) is 0 Å². The Morgan fingerprint density at radius 1 is 1.28 bits per heavy atom. The van der Waals surface area contributed by atoms with Gasteiger partial charge in [-0.25, -0.2) is 9.18 Å². The van der Waals surface area contributed by atoms with E-state index in [1.807, 2.05) is 0 Å². The zero-order valence-electron chi connectivity index (χ0n) is 13.2. The zero-order chi connectivity index (χ0) is 18.4. The fourth-order valence-electron chi connectivity index (χ4n) is 1.93. The van der Waals surface area contributed by atoms with Crippen molar-refractivity contribution in [2.75, 3.05) is 6.54 Å². The molecule has 1 N–H and O–H groups in total. The first kappa shape index (κ1) is 18.1. The van der Waals surface area contributed by atoms with Crippen LogP contribution in [0.25, 0.3) is 0 Å². The van der Waals surface area contributed by atoms with E-state index in [2.05, 4.69) is 5.32 Å². The number of rotatable bonds is 7. The van der Waals surface area contributed by atoms with Crippen LogP contribution in [0.4, 0.5) is 10.3 Å². The summed E-state index contributed by atoms with van der Waals surface area (Å²) in [7, 11) is 0. The summed E-state index contributed by atoms with van der Waals surface area (Å²) in [5.41, 5.74) is 0.842. The number of furan rings is 1. The molecule has 25 heavy (non-hydrogen) atoms. The number of nitrogens with one attached hydrogen (secondary N) is 1. The highest BCUT2D eigenvalue weighted by molar-refractivity contribution is 5.90. The number of hydrogen-bond acceptors (Lipinski definition) is 6. The van der Waals surface area contributed by atoms with Crippen molar-refractivity contribution in [2.45, 2.75) is 19.4 Å². The van der Waals surface area contributed by atoms with E-state index in [0.29, 0.717) is 6.42 Å². The molecular formula is C16H15FN2O6. The molecule has 0 unspecified atom stereocenters. The average molecular weight is 350 g/mol. The van der Waals surface area contributed by atoms with Gasteiger partial charge >= 0.3 is 11.9 Å². The maximum atomic E-state index is 12.8. The predicted molar refractivity (Wildman–Crippen MR) is 83.4 cm³/mol. The van der Waals surface area contributed by atoms with E-state index in [4.69, 9.17) is 9.15 Å². The Labute approximate surface area is 141 Å². The van der Waals surface area contributed by atoms with Crippen LogP contribution in [-0.4, -0.2) is 29.4 Å². The molecule has 1 aromatic heterocycles. The molecule has 1 amide bonds. The van der Waals surface area contributed by atoms with Gasteiger partial charge in [-0.2, -0.15) is 0 Å². The normalized spacial score (nSPS) is 11.6. The van der Waals surface area contributed by atoms with E-state index >= 15 is 0 Å². The lowest BCUT2D eigenvalue weighted by atomic mass is 10.1. The lowest BCUT2D eigenvalue weighted by Gasteiger charge is -2.12. The molecule has 1 heterocycles. The molecule has 0 fully saturated rings. The zero-order valence-corrected chi connectivity index (χ0v) is 13.2. The number of hydrogen-bond donors (Lipinski definition) is 1. The van der Waals surface area contributed by atoms with Gasteiger partial charge in [0.2, 0.25) is 5.76 Å². The van der Waals surface area contributed by atoms with Gasteiger partial charge < -0.3 is 14.5 Å². The number of esters is 1. The maximum Gasteiger partial charge on any atom is 0.433 e. The Morgan fingerprint density at radius 2 is 1.96 bits per heavy atom. The van der Waals surface area contributed by atoms with Gasteiger partial charge in [0.05, 0.1) is 6.07 Å². The number of ether oxygens (including phenoxy) is 1. The number of carbonyl (C=O) groups is 2. The molecule has 0 aliphatic carbocycles. The first-order chi connectivity index (χ1) is 11.9. The van der Waals surface area contributed by atoms with Crippen LogP contribution in [-0.2, 0) is 16.0 Å². The first-order valence-corrected chi connectivity index (χ1v) is 7.34. The third-order valence-electron chi connectivity index (χ3n) is 3.25. The van der Waals surface area contributed by atoms with Crippen molar-refractivity contribution >= 4 is 17.8 Å². The second-order valence-electron chi connectivity index (χ2n) is 5.11. The summed E-state index contributed by atoms with van der Waals surface area (Å²) in [6, 6.07) is 7.97. The van der Waals surface area contributed by atoms with Crippen LogP contribution < -0.4 is 5.32 Å². The quantitative estimate of drug-likeness (QED) is 0.465. The van der Waals surface area contributed by atoms with Crippen LogP contribution in [0.3, 0.4) is 0 Å². The van der Waals surface area contributed by atoms with E-state index in [9.17, 15) is 24.1 Å². The Balaban J connectivity index is 1.79. The summed E-state index contributed by atoms with van der Waals surface area (Å²) in [6.45, 7) is 1.64. The molecule has 2 aromatic rings. The Morgan fingerprint density at radius 3 is 2.56 bits per heavy atom. The summed E-state index contributed by atoms with van der Waals surface area (Å²) in [5, 5.41) is 13.1. The maximum absolute atomic E-state index is 12.8.